The van der Waals surface area contributed by atoms with Crippen LogP contribution in [-0.4, -0.2) is 60.9 Å². The SMILES string of the molecule is C[C@H]1c2cccc(O)c2C(O)=C2C(=O)[C@]3(O)C(O)=C(C(N)=O)C(=O)C[C@@H]3[C@@H](OC(=O)CBr)[C@@H]21. The number of Topliss-reactive ketones (excluding diaryl/α,β-unsaturated/α-hetero) is 2. The molecule has 3 aliphatic carbocycles. The standard InChI is InChI=1S/C22H20BrNO9/c1-7-8-3-2-4-10(25)14(8)17(28)16-13(7)18(33-12(27)6-23)9-5-11(26)15(21(24)31)19(29)22(9,32)20(16)30/h2-4,7,9,13,18,25,28-29,32H,5-6H2,1H3,(H2,24,31)/t7-,9+,13+,18+,22+/m0/s1. The number of hydrogen-bond donors (Lipinski definition) is 5. The van der Waals surface area contributed by atoms with Crippen LogP contribution in [0.5, 0.6) is 5.75 Å². The third kappa shape index (κ3) is 3.02. The van der Waals surface area contributed by atoms with E-state index < -0.39 is 82.0 Å². The van der Waals surface area contributed by atoms with E-state index in [1.807, 2.05) is 0 Å². The Morgan fingerprint density at radius 1 is 1.24 bits per heavy atom. The van der Waals surface area contributed by atoms with Gasteiger partial charge in [-0.1, -0.05) is 35.0 Å². The quantitative estimate of drug-likeness (QED) is 0.219. The van der Waals surface area contributed by atoms with Crippen LogP contribution in [0, 0.1) is 11.8 Å². The summed E-state index contributed by atoms with van der Waals surface area (Å²) in [5.74, 6) is -9.53. The van der Waals surface area contributed by atoms with Crippen LogP contribution in [0.2, 0.25) is 0 Å². The summed E-state index contributed by atoms with van der Waals surface area (Å²) in [6, 6.07) is 4.47. The molecule has 10 nitrogen and oxygen atoms in total. The number of benzene rings is 1. The first kappa shape index (κ1) is 23.0. The molecule has 0 heterocycles. The van der Waals surface area contributed by atoms with Gasteiger partial charge in [0, 0.05) is 23.8 Å². The van der Waals surface area contributed by atoms with Crippen molar-refractivity contribution in [2.24, 2.45) is 17.6 Å². The van der Waals surface area contributed by atoms with Gasteiger partial charge in [-0.25, -0.2) is 0 Å². The number of primary amides is 1. The Labute approximate surface area is 195 Å². The summed E-state index contributed by atoms with van der Waals surface area (Å²) in [6.07, 6.45) is -1.96. The number of carbonyl (C=O) groups is 4. The maximum absolute atomic E-state index is 13.6. The van der Waals surface area contributed by atoms with Crippen LogP contribution in [0.3, 0.4) is 0 Å². The molecule has 1 fully saturated rings. The van der Waals surface area contributed by atoms with Gasteiger partial charge in [0.15, 0.2) is 11.4 Å². The molecular weight excluding hydrogens is 502 g/mol. The van der Waals surface area contributed by atoms with Crippen molar-refractivity contribution < 1.29 is 44.3 Å². The molecule has 174 valence electrons. The lowest BCUT2D eigenvalue weighted by Crippen LogP contribution is -2.64. The normalized spacial score (nSPS) is 31.0. The number of esters is 1. The van der Waals surface area contributed by atoms with Crippen molar-refractivity contribution in [3.63, 3.8) is 0 Å². The van der Waals surface area contributed by atoms with Crippen molar-refractivity contribution in [1.82, 2.24) is 0 Å². The largest absolute Gasteiger partial charge is 0.508 e. The number of aliphatic hydroxyl groups is 3. The number of amides is 1. The predicted octanol–water partition coefficient (Wildman–Crippen LogP) is 0.901. The second-order valence-electron chi connectivity index (χ2n) is 8.32. The first-order valence-electron chi connectivity index (χ1n) is 10.0. The van der Waals surface area contributed by atoms with Crippen LogP contribution in [0.1, 0.15) is 30.4 Å². The van der Waals surface area contributed by atoms with Gasteiger partial charge in [-0.05, 0) is 17.5 Å². The Kier molecular flexibility index (Phi) is 5.37. The van der Waals surface area contributed by atoms with Crippen LogP contribution in [0.4, 0.5) is 0 Å². The summed E-state index contributed by atoms with van der Waals surface area (Å²) in [5, 5.41) is 43.3. The number of hydrogen-bond acceptors (Lipinski definition) is 9. The van der Waals surface area contributed by atoms with E-state index in [0.717, 1.165) is 0 Å². The van der Waals surface area contributed by atoms with Gasteiger partial charge in [0.2, 0.25) is 5.78 Å². The topological polar surface area (TPSA) is 184 Å². The number of halogens is 1. The van der Waals surface area contributed by atoms with Crippen molar-refractivity contribution >= 4 is 45.1 Å². The fraction of sp³-hybridized carbons (Fsp3) is 0.364. The van der Waals surface area contributed by atoms with Gasteiger partial charge < -0.3 is 30.9 Å². The number of fused-ring (bicyclic) bond motifs is 3. The summed E-state index contributed by atoms with van der Waals surface area (Å²) < 4.78 is 5.54. The third-order valence-corrected chi connectivity index (χ3v) is 7.17. The number of aromatic hydroxyl groups is 1. The van der Waals surface area contributed by atoms with E-state index in [9.17, 15) is 39.6 Å². The fourth-order valence-corrected chi connectivity index (χ4v) is 5.40. The highest BCUT2D eigenvalue weighted by atomic mass is 79.9. The number of ketones is 2. The molecule has 1 aromatic rings. The van der Waals surface area contributed by atoms with E-state index in [4.69, 9.17) is 10.5 Å². The van der Waals surface area contributed by atoms with Crippen molar-refractivity contribution in [2.75, 3.05) is 5.33 Å². The van der Waals surface area contributed by atoms with Crippen LogP contribution in [0.15, 0.2) is 35.1 Å². The molecule has 6 N–H and O–H groups in total. The van der Waals surface area contributed by atoms with Crippen molar-refractivity contribution in [1.29, 1.82) is 0 Å². The van der Waals surface area contributed by atoms with E-state index in [1.54, 1.807) is 19.1 Å². The summed E-state index contributed by atoms with van der Waals surface area (Å²) in [6.45, 7) is 1.68. The highest BCUT2D eigenvalue weighted by molar-refractivity contribution is 9.09. The number of phenols is 1. The minimum Gasteiger partial charge on any atom is -0.508 e. The second kappa shape index (κ2) is 7.70. The third-order valence-electron chi connectivity index (χ3n) is 6.71. The first-order chi connectivity index (χ1) is 15.5. The fourth-order valence-electron chi connectivity index (χ4n) is 5.26. The average Bonchev–Trinajstić information content (AvgIpc) is 2.75. The molecule has 0 unspecified atom stereocenters. The van der Waals surface area contributed by atoms with Crippen LogP contribution >= 0.6 is 15.9 Å². The number of phenolic OH excluding ortho intramolecular Hbond substituents is 1. The summed E-state index contributed by atoms with van der Waals surface area (Å²) in [7, 11) is 0. The molecule has 1 saturated carbocycles. The molecule has 0 spiro atoms. The van der Waals surface area contributed by atoms with E-state index in [-0.39, 0.29) is 16.6 Å². The molecule has 0 aliphatic heterocycles. The Morgan fingerprint density at radius 3 is 2.52 bits per heavy atom. The van der Waals surface area contributed by atoms with Crippen molar-refractivity contribution in [2.45, 2.75) is 31.0 Å². The number of alkyl halides is 1. The van der Waals surface area contributed by atoms with Gasteiger partial charge in [-0.3, -0.25) is 19.2 Å². The number of carbonyl (C=O) groups excluding carboxylic acids is 4. The lowest BCUT2D eigenvalue weighted by molar-refractivity contribution is -0.176. The molecule has 4 rings (SSSR count). The minimum absolute atomic E-state index is 0.0392. The molecule has 3 aliphatic rings. The Balaban J connectivity index is 2.04. The summed E-state index contributed by atoms with van der Waals surface area (Å²) in [4.78, 5) is 50.3. The molecule has 11 heteroatoms. The lowest BCUT2D eigenvalue weighted by Gasteiger charge is -2.51. The molecule has 0 saturated heterocycles. The highest BCUT2D eigenvalue weighted by Crippen LogP contribution is 2.56. The van der Waals surface area contributed by atoms with E-state index >= 15 is 0 Å². The van der Waals surface area contributed by atoms with E-state index in [2.05, 4.69) is 15.9 Å². The molecule has 0 aromatic heterocycles. The molecule has 0 bridgehead atoms. The van der Waals surface area contributed by atoms with Gasteiger partial charge in [0.25, 0.3) is 5.91 Å². The molecule has 1 aromatic carbocycles. The van der Waals surface area contributed by atoms with E-state index in [0.29, 0.717) is 5.56 Å². The van der Waals surface area contributed by atoms with Gasteiger partial charge >= 0.3 is 5.97 Å². The Hall–Kier alpha value is -3.18. The molecule has 0 radical (unpaired) electrons. The van der Waals surface area contributed by atoms with Crippen LogP contribution in [0.25, 0.3) is 5.76 Å². The van der Waals surface area contributed by atoms with Gasteiger partial charge in [0.05, 0.1) is 5.56 Å². The van der Waals surface area contributed by atoms with Gasteiger partial charge in [-0.2, -0.15) is 0 Å². The van der Waals surface area contributed by atoms with Gasteiger partial charge in [0.1, 0.15) is 34.3 Å². The van der Waals surface area contributed by atoms with E-state index in [1.165, 1.54) is 6.07 Å². The number of rotatable bonds is 3. The van der Waals surface area contributed by atoms with Crippen LogP contribution < -0.4 is 5.73 Å². The molecule has 1 amide bonds. The van der Waals surface area contributed by atoms with Crippen molar-refractivity contribution in [3.8, 4) is 5.75 Å². The lowest BCUT2D eigenvalue weighted by atomic mass is 9.55. The maximum Gasteiger partial charge on any atom is 0.316 e. The van der Waals surface area contributed by atoms with Crippen LogP contribution in [-0.2, 0) is 23.9 Å². The number of ether oxygens (including phenoxy) is 1. The highest BCUT2D eigenvalue weighted by Gasteiger charge is 2.66. The Morgan fingerprint density at radius 2 is 1.91 bits per heavy atom. The monoisotopic (exact) mass is 521 g/mol. The zero-order chi connectivity index (χ0) is 24.4. The van der Waals surface area contributed by atoms with Crippen molar-refractivity contribution in [3.05, 3.63) is 46.2 Å². The summed E-state index contributed by atoms with van der Waals surface area (Å²) in [5.41, 5.74) is 1.42. The molecular formula is C22H20BrNO9. The van der Waals surface area contributed by atoms with Gasteiger partial charge in [-0.15, -0.1) is 0 Å². The average molecular weight is 522 g/mol. The minimum atomic E-state index is -2.86. The smallest absolute Gasteiger partial charge is 0.316 e. The predicted molar refractivity (Wildman–Crippen MR) is 115 cm³/mol. The first-order valence-corrected chi connectivity index (χ1v) is 11.1. The zero-order valence-electron chi connectivity index (χ0n) is 17.2. The maximum atomic E-state index is 13.6. The zero-order valence-corrected chi connectivity index (χ0v) is 18.8. The molecule has 5 atom stereocenters. The summed E-state index contributed by atoms with van der Waals surface area (Å²) >= 11 is 2.97. The Bertz CT molecular complexity index is 1190. The number of nitrogens with two attached hydrogens (primary N) is 1. The second-order valence-corrected chi connectivity index (χ2v) is 8.88. The molecule has 33 heavy (non-hydrogen) atoms. The number of aliphatic hydroxyl groups excluding tert-OH is 2.